The van der Waals surface area contributed by atoms with Crippen molar-refractivity contribution in [1.82, 2.24) is 0 Å². The Morgan fingerprint density at radius 2 is 0.547 bits per heavy atom. The number of halogens is 19. The summed E-state index contributed by atoms with van der Waals surface area (Å²) in [7, 11) is -0.353. The third-order valence-electron chi connectivity index (χ3n) is 11.1. The molecule has 0 unspecified atom stereocenters. The molecule has 8 rings (SSSR count). The van der Waals surface area contributed by atoms with E-state index in [9.17, 15) is 52.7 Å². The summed E-state index contributed by atoms with van der Waals surface area (Å²) < 4.78 is 156. The van der Waals surface area contributed by atoms with Crippen LogP contribution in [0.25, 0.3) is 0 Å². The van der Waals surface area contributed by atoms with E-state index in [0.29, 0.717) is 113 Å². The van der Waals surface area contributed by atoms with Gasteiger partial charge in [0.15, 0.2) is 0 Å². The molecule has 19 heteroatoms. The molecule has 0 nitrogen and oxygen atoms in total. The zero-order valence-corrected chi connectivity index (χ0v) is 48.3. The van der Waals surface area contributed by atoms with Crippen molar-refractivity contribution in [2.45, 2.75) is 133 Å². The predicted octanol–water partition coefficient (Wildman–Crippen LogP) is 17.2. The van der Waals surface area contributed by atoms with Crippen molar-refractivity contribution in [3.8, 4) is 0 Å². The second-order valence-electron chi connectivity index (χ2n) is 15.3. The monoisotopic (exact) mass is 1700 g/mol. The van der Waals surface area contributed by atoms with Crippen molar-refractivity contribution < 1.29 is 65.9 Å². The molecule has 8 atom stereocenters. The van der Waals surface area contributed by atoms with Crippen molar-refractivity contribution in [1.29, 1.82) is 0 Å². The van der Waals surface area contributed by atoms with Gasteiger partial charge in [-0.05, 0) is 196 Å². The molecule has 0 aromatic heterocycles. The molecule has 0 bridgehead atoms. The van der Waals surface area contributed by atoms with Gasteiger partial charge in [-0.25, -0.2) is 52.7 Å². The summed E-state index contributed by atoms with van der Waals surface area (Å²) in [4.78, 5) is 0. The number of hydrogen-bond donors (Lipinski definition) is 0. The van der Waals surface area contributed by atoms with Gasteiger partial charge in [0, 0.05) is 0 Å². The molecule has 0 radical (unpaired) electrons. The van der Waals surface area contributed by atoms with Gasteiger partial charge in [0.25, 0.3) is 0 Å². The van der Waals surface area contributed by atoms with E-state index in [2.05, 4.69) is 93.1 Å². The number of alkyl halides is 4. The Morgan fingerprint density at radius 3 is 0.688 bits per heavy atom. The van der Waals surface area contributed by atoms with Crippen LogP contribution in [-0.4, -0.2) is 24.7 Å². The van der Waals surface area contributed by atoms with Gasteiger partial charge >= 0.3 is 114 Å². The molecule has 64 heavy (non-hydrogen) atoms. The topological polar surface area (TPSA) is 0 Å². The van der Waals surface area contributed by atoms with E-state index in [-0.39, 0.29) is 39.0 Å². The Kier molecular flexibility index (Phi) is 30.8. The summed E-state index contributed by atoms with van der Waals surface area (Å²) in [5.41, 5.74) is 1.30. The summed E-state index contributed by atoms with van der Waals surface area (Å²) >= 11 is 12.7. The van der Waals surface area contributed by atoms with Gasteiger partial charge in [-0.3, -0.25) is 0 Å². The van der Waals surface area contributed by atoms with Crippen LogP contribution >= 0.6 is 101 Å². The van der Waals surface area contributed by atoms with Crippen LogP contribution in [0, 0.1) is 46.5 Å². The molecule has 0 N–H and O–H groups in total. The molecule has 4 aliphatic carbocycles. The standard InChI is InChI=1S/4C11H11F3.CH4.I4.I3/c4*12-8-2-1-7(5-8)10-6-9(13)3-4-11(10)14;;1-4(2)3;1-3-2/h4*3-4,6-8H,1-2,5H2;1H4;;/q;;;;;;-1/t2*7-,8+;2*7-,8-;;;/m0011.../s1. The molecule has 0 heterocycles. The predicted molar refractivity (Wildman–Crippen MR) is 282 cm³/mol. The van der Waals surface area contributed by atoms with E-state index in [1.165, 1.54) is 24.3 Å². The zero-order chi connectivity index (χ0) is 46.8. The first-order valence-electron chi connectivity index (χ1n) is 19.7. The SMILES string of the molecule is C.Fc1ccc(F)c([C@@H]2CC[C@@H](F)C2)c1.Fc1ccc(F)c([C@@H]2CC[C@@H](F)C2)c1.Fc1ccc(F)c([C@H]2CC[C@@H](F)C2)c1.Fc1ccc(F)c([C@H]2CC[C@@H](F)C2)c1.II(I)I.I[I-]I. The van der Waals surface area contributed by atoms with Crippen LogP contribution in [-0.2, 0) is 0 Å². The maximum atomic E-state index is 13.3. The molecule has 4 aliphatic rings. The molecule has 0 spiro atoms. The van der Waals surface area contributed by atoms with Gasteiger partial charge in [0.2, 0.25) is 0 Å². The molecule has 0 aliphatic heterocycles. The first kappa shape index (κ1) is 61.3. The first-order valence-corrected chi connectivity index (χ1v) is 51.2. The van der Waals surface area contributed by atoms with Crippen molar-refractivity contribution in [2.24, 2.45) is 0 Å². The van der Waals surface area contributed by atoms with Gasteiger partial charge in [-0.1, -0.05) is 7.43 Å². The van der Waals surface area contributed by atoms with Crippen LogP contribution in [0.3, 0.4) is 0 Å². The van der Waals surface area contributed by atoms with Crippen molar-refractivity contribution in [3.63, 3.8) is 0 Å². The van der Waals surface area contributed by atoms with E-state index in [1.807, 2.05) is 0 Å². The van der Waals surface area contributed by atoms with E-state index in [4.69, 9.17) is 0 Å². The van der Waals surface area contributed by atoms with E-state index >= 15 is 0 Å². The van der Waals surface area contributed by atoms with Gasteiger partial charge in [0.05, 0.1) is 0 Å². The molecule has 4 aromatic carbocycles. The third-order valence-corrected chi connectivity index (χ3v) is 11.1. The minimum absolute atomic E-state index is 0. The van der Waals surface area contributed by atoms with Crippen LogP contribution in [0.4, 0.5) is 52.7 Å². The van der Waals surface area contributed by atoms with E-state index in [1.54, 1.807) is 0 Å². The van der Waals surface area contributed by atoms with E-state index < -0.39 is 71.2 Å². The number of rotatable bonds is 4. The van der Waals surface area contributed by atoms with Gasteiger partial charge in [-0.2, -0.15) is 0 Å². The molecular formula is C45H48F12I7-. The summed E-state index contributed by atoms with van der Waals surface area (Å²) in [5.74, 6) is -4.13. The second-order valence-corrected chi connectivity index (χ2v) is 80.3. The van der Waals surface area contributed by atoms with Gasteiger partial charge < -0.3 is 0 Å². The van der Waals surface area contributed by atoms with Crippen molar-refractivity contribution in [2.75, 3.05) is 0 Å². The van der Waals surface area contributed by atoms with Crippen LogP contribution in [0.5, 0.6) is 0 Å². The summed E-state index contributed by atoms with van der Waals surface area (Å²) in [5, 5.41) is 0. The second kappa shape index (κ2) is 32.2. The fourth-order valence-corrected chi connectivity index (χ4v) is 8.15. The molecule has 4 fully saturated rings. The normalized spacial score (nSPS) is 24.5. The quantitative estimate of drug-likeness (QED) is 0.141. The maximum absolute atomic E-state index is 13.3. The molecule has 362 valence electrons. The van der Waals surface area contributed by atoms with E-state index in [0.717, 1.165) is 48.5 Å². The number of benzene rings is 4. The van der Waals surface area contributed by atoms with Crippen molar-refractivity contribution in [3.05, 3.63) is 142 Å². The van der Waals surface area contributed by atoms with Gasteiger partial charge in [0.1, 0.15) is 71.2 Å². The average molecular weight is 1710 g/mol. The first-order chi connectivity index (χ1) is 29.8. The zero-order valence-electron chi connectivity index (χ0n) is 33.2. The molecular weight excluding hydrogens is 1660 g/mol. The van der Waals surface area contributed by atoms with Crippen molar-refractivity contribution >= 4 is 101 Å². The molecule has 4 aromatic rings. The average Bonchev–Trinajstić information content (AvgIpc) is 4.06. The van der Waals surface area contributed by atoms with Gasteiger partial charge in [-0.15, -0.1) is 0 Å². The summed E-state index contributed by atoms with van der Waals surface area (Å²) in [6.07, 6.45) is 2.13. The number of hydrogen-bond acceptors (Lipinski definition) is 0. The van der Waals surface area contributed by atoms with Crippen LogP contribution in [0.2, 0.25) is 0 Å². The van der Waals surface area contributed by atoms with Crippen LogP contribution < -0.4 is 13.3 Å². The Hall–Kier alpha value is 1.15. The Labute approximate surface area is 435 Å². The van der Waals surface area contributed by atoms with Crippen LogP contribution in [0.15, 0.2) is 72.8 Å². The minimum atomic E-state index is -0.859. The summed E-state index contributed by atoms with van der Waals surface area (Å²) in [6.45, 7) is 0. The Balaban J connectivity index is 0.000000278. The van der Waals surface area contributed by atoms with Crippen LogP contribution in [0.1, 0.15) is 130 Å². The molecule has 4 saturated carbocycles. The Morgan fingerprint density at radius 1 is 0.375 bits per heavy atom. The molecule has 0 saturated heterocycles. The fraction of sp³-hybridized carbons (Fsp3) is 0.467. The summed E-state index contributed by atoms with van der Waals surface area (Å²) in [6, 6.07) is 13.5. The molecule has 0 amide bonds. The third kappa shape index (κ3) is 22.1. The Bertz CT molecular complexity index is 1710. The fourth-order valence-electron chi connectivity index (χ4n) is 8.15.